The van der Waals surface area contributed by atoms with Crippen molar-refractivity contribution in [3.05, 3.63) is 35.9 Å². The number of hydrogen-bond acceptors (Lipinski definition) is 0. The fourth-order valence-electron chi connectivity index (χ4n) is 0.718. The van der Waals surface area contributed by atoms with Gasteiger partial charge in [0.1, 0.15) is 0 Å². The quantitative estimate of drug-likeness (QED) is 0.501. The fourth-order valence-corrected chi connectivity index (χ4v) is 0.718. The molecule has 0 aliphatic heterocycles. The maximum atomic E-state index is 12.4. The van der Waals surface area contributed by atoms with Crippen LogP contribution in [0.1, 0.15) is 11.6 Å². The Kier molecular flexibility index (Phi) is 6.84. The minimum absolute atomic E-state index is 0. The molecule has 0 amide bonds. The van der Waals surface area contributed by atoms with Gasteiger partial charge in [-0.3, -0.25) is 4.39 Å². The lowest BCUT2D eigenvalue weighted by Crippen LogP contribution is -1.87. The Balaban J connectivity index is 0. The normalized spacial score (nSPS) is 10.6. The third kappa shape index (κ3) is 3.75. The van der Waals surface area contributed by atoms with Crippen LogP contribution in [0.15, 0.2) is 30.3 Å². The van der Waals surface area contributed by atoms with E-state index >= 15 is 0 Å². The lowest BCUT2D eigenvalue weighted by atomic mass is 9.94. The molecule has 1 atom stereocenters. The minimum atomic E-state index is -0.841. The molecular weight excluding hydrogens is 146 g/mol. The third-order valence-electron chi connectivity index (χ3n) is 1.26. The lowest BCUT2D eigenvalue weighted by molar-refractivity contribution is 0.459. The van der Waals surface area contributed by atoms with Crippen molar-refractivity contribution < 1.29 is 15.3 Å². The first kappa shape index (κ1) is 12.8. The molecule has 1 aromatic carbocycles. The van der Waals surface area contributed by atoms with Crippen LogP contribution in [0.5, 0.6) is 0 Å². The van der Waals surface area contributed by atoms with Crippen LogP contribution < -0.4 is 0 Å². The van der Waals surface area contributed by atoms with Gasteiger partial charge in [0.25, 0.3) is 0 Å². The first-order valence-corrected chi connectivity index (χ1v) is 2.99. The molecule has 0 aromatic heterocycles. The van der Waals surface area contributed by atoms with E-state index in [1.54, 1.807) is 12.1 Å². The summed E-state index contributed by atoms with van der Waals surface area (Å²) in [6.45, 7) is 0. The van der Waals surface area contributed by atoms with E-state index in [9.17, 15) is 4.39 Å². The smallest absolute Gasteiger partial charge is 0.152 e. The van der Waals surface area contributed by atoms with Crippen molar-refractivity contribution in [2.75, 3.05) is 0 Å². The first-order valence-electron chi connectivity index (χ1n) is 2.99. The summed E-state index contributed by atoms with van der Waals surface area (Å²) in [4.78, 5) is 0. The van der Waals surface area contributed by atoms with Crippen molar-refractivity contribution in [2.45, 2.75) is 6.07 Å². The number of rotatable bonds is 1. The summed E-state index contributed by atoms with van der Waals surface area (Å²) in [5, 5.41) is 0. The van der Waals surface area contributed by atoms with E-state index < -0.39 is 6.07 Å². The van der Waals surface area contributed by atoms with Crippen LogP contribution in [-0.2, 0) is 0 Å². The molecular formula is C7H12BFO2. The minimum Gasteiger partial charge on any atom is -0.412 e. The first-order chi connectivity index (χ1) is 4.30. The van der Waals surface area contributed by atoms with Gasteiger partial charge < -0.3 is 11.0 Å². The van der Waals surface area contributed by atoms with Gasteiger partial charge in [0.15, 0.2) is 7.85 Å². The molecule has 4 N–H and O–H groups in total. The maximum Gasteiger partial charge on any atom is 0.152 e. The van der Waals surface area contributed by atoms with Crippen molar-refractivity contribution in [1.29, 1.82) is 0 Å². The van der Waals surface area contributed by atoms with Crippen molar-refractivity contribution in [3.8, 4) is 0 Å². The predicted molar refractivity (Wildman–Crippen MR) is 46.1 cm³/mol. The topological polar surface area (TPSA) is 63.0 Å². The fraction of sp³-hybridized carbons (Fsp3) is 0.143. The number of halogens is 1. The summed E-state index contributed by atoms with van der Waals surface area (Å²) >= 11 is 0. The molecule has 0 fully saturated rings. The molecule has 0 spiro atoms. The average molecular weight is 158 g/mol. The van der Waals surface area contributed by atoms with Crippen LogP contribution in [-0.4, -0.2) is 18.8 Å². The second-order valence-electron chi connectivity index (χ2n) is 2.03. The van der Waals surface area contributed by atoms with Gasteiger partial charge in [0.2, 0.25) is 0 Å². The van der Waals surface area contributed by atoms with E-state index in [4.69, 9.17) is 0 Å². The molecule has 0 saturated carbocycles. The summed E-state index contributed by atoms with van der Waals surface area (Å²) in [6, 6.07) is 9.12. The molecule has 0 aliphatic rings. The standard InChI is InChI=1S/C7H8BF.2H2O/c8-7(9)6-4-2-1-3-5-6;;/h1-5,7H,8H2;2*1H2. The molecule has 0 saturated heterocycles. The van der Waals surface area contributed by atoms with Crippen LogP contribution >= 0.6 is 0 Å². The molecule has 0 radical (unpaired) electrons. The Labute approximate surface area is 66.1 Å². The predicted octanol–water partition coefficient (Wildman–Crippen LogP) is -0.362. The lowest BCUT2D eigenvalue weighted by Gasteiger charge is -1.98. The summed E-state index contributed by atoms with van der Waals surface area (Å²) < 4.78 is 12.4. The maximum absolute atomic E-state index is 12.4. The van der Waals surface area contributed by atoms with Crippen LogP contribution in [0.2, 0.25) is 0 Å². The summed E-state index contributed by atoms with van der Waals surface area (Å²) in [5.41, 5.74) is 0.748. The van der Waals surface area contributed by atoms with Crippen LogP contribution in [0.25, 0.3) is 0 Å². The zero-order valence-corrected chi connectivity index (χ0v) is 6.34. The Morgan fingerprint density at radius 2 is 1.55 bits per heavy atom. The second-order valence-corrected chi connectivity index (χ2v) is 2.03. The molecule has 0 heterocycles. The molecule has 1 rings (SSSR count). The largest absolute Gasteiger partial charge is 0.412 e. The van der Waals surface area contributed by atoms with Gasteiger partial charge in [-0.05, 0) is 5.56 Å². The number of alkyl halides is 1. The highest BCUT2D eigenvalue weighted by molar-refractivity contribution is 6.11. The molecule has 4 heteroatoms. The zero-order valence-electron chi connectivity index (χ0n) is 6.34. The van der Waals surface area contributed by atoms with Crippen molar-refractivity contribution in [3.63, 3.8) is 0 Å². The van der Waals surface area contributed by atoms with E-state index in [0.29, 0.717) is 0 Å². The highest BCUT2D eigenvalue weighted by Gasteiger charge is 1.98. The van der Waals surface area contributed by atoms with Crippen molar-refractivity contribution >= 4 is 7.85 Å². The van der Waals surface area contributed by atoms with Crippen LogP contribution in [0.4, 0.5) is 4.39 Å². The highest BCUT2D eigenvalue weighted by atomic mass is 19.1. The Hall–Kier alpha value is -0.865. The monoisotopic (exact) mass is 158 g/mol. The molecule has 11 heavy (non-hydrogen) atoms. The SMILES string of the molecule is BC(F)c1ccccc1.O.O. The molecule has 62 valence electrons. The Morgan fingerprint density at radius 3 is 1.82 bits per heavy atom. The van der Waals surface area contributed by atoms with Gasteiger partial charge in [0.05, 0.1) is 6.07 Å². The summed E-state index contributed by atoms with van der Waals surface area (Å²) in [7, 11) is 1.54. The van der Waals surface area contributed by atoms with E-state index in [0.717, 1.165) is 5.56 Å². The second kappa shape index (κ2) is 5.89. The van der Waals surface area contributed by atoms with E-state index in [1.165, 1.54) is 7.85 Å². The van der Waals surface area contributed by atoms with Gasteiger partial charge in [-0.2, -0.15) is 0 Å². The average Bonchev–Trinajstić information content (AvgIpc) is 1.90. The van der Waals surface area contributed by atoms with Gasteiger partial charge >= 0.3 is 0 Å². The van der Waals surface area contributed by atoms with E-state index in [-0.39, 0.29) is 11.0 Å². The van der Waals surface area contributed by atoms with Gasteiger partial charge in [-0.1, -0.05) is 30.3 Å². The van der Waals surface area contributed by atoms with E-state index in [2.05, 4.69) is 0 Å². The molecule has 1 aromatic rings. The van der Waals surface area contributed by atoms with Gasteiger partial charge in [0, 0.05) is 0 Å². The summed E-state index contributed by atoms with van der Waals surface area (Å²) in [6.07, 6.45) is -0.841. The number of benzene rings is 1. The zero-order chi connectivity index (χ0) is 6.69. The van der Waals surface area contributed by atoms with Gasteiger partial charge in [-0.15, -0.1) is 0 Å². The highest BCUT2D eigenvalue weighted by Crippen LogP contribution is 2.10. The molecule has 0 bridgehead atoms. The van der Waals surface area contributed by atoms with Crippen molar-refractivity contribution in [1.82, 2.24) is 0 Å². The number of hydrogen-bond donors (Lipinski definition) is 0. The molecule has 2 nitrogen and oxygen atoms in total. The van der Waals surface area contributed by atoms with Crippen LogP contribution in [0, 0.1) is 0 Å². The third-order valence-corrected chi connectivity index (χ3v) is 1.26. The van der Waals surface area contributed by atoms with Crippen LogP contribution in [0.3, 0.4) is 0 Å². The molecule has 0 aliphatic carbocycles. The Bertz CT molecular complexity index is 179. The van der Waals surface area contributed by atoms with Crippen molar-refractivity contribution in [2.24, 2.45) is 0 Å². The Morgan fingerprint density at radius 1 is 1.09 bits per heavy atom. The van der Waals surface area contributed by atoms with E-state index in [1.807, 2.05) is 18.2 Å². The van der Waals surface area contributed by atoms with Gasteiger partial charge in [-0.25, -0.2) is 0 Å². The summed E-state index contributed by atoms with van der Waals surface area (Å²) in [5.74, 6) is 0. The molecule has 1 unspecified atom stereocenters.